The van der Waals surface area contributed by atoms with Crippen molar-refractivity contribution in [2.75, 3.05) is 24.1 Å². The minimum Gasteiger partial charge on any atom is -0.461 e. The quantitative estimate of drug-likeness (QED) is 0.721. The van der Waals surface area contributed by atoms with E-state index in [1.54, 1.807) is 37.1 Å². The van der Waals surface area contributed by atoms with Crippen LogP contribution in [0.15, 0.2) is 48.4 Å². The number of rotatable bonds is 6. The molecule has 0 spiro atoms. The lowest BCUT2D eigenvalue weighted by Crippen LogP contribution is -2.46. The van der Waals surface area contributed by atoms with Gasteiger partial charge in [0.25, 0.3) is 0 Å². The van der Waals surface area contributed by atoms with Crippen LogP contribution in [0.25, 0.3) is 5.57 Å². The number of allylic oxidation sites excluding steroid dienone is 3. The van der Waals surface area contributed by atoms with E-state index in [0.717, 1.165) is 36.3 Å². The second-order valence-corrected chi connectivity index (χ2v) is 9.63. The fourth-order valence-electron chi connectivity index (χ4n) is 4.01. The maximum absolute atomic E-state index is 12.6. The third-order valence-corrected chi connectivity index (χ3v) is 6.90. The summed E-state index contributed by atoms with van der Waals surface area (Å²) >= 11 is 0. The predicted octanol–water partition coefficient (Wildman–Crippen LogP) is 3.16. The molecule has 3 aliphatic rings. The standard InChI is InChI=1S/C22H26N3O4S.2H2/c1-3-30(27,28)24-15-9-10-20(29-16-7-5-4-6-8-16)18(13-15)19-14-25(2)22(26)21-17(19)11-12-23-21;;/h4-5,7-10,13-14,17,21,23-24H,3,6,11-12H2,1-2H3;2*1H. The average Bonchev–Trinajstić information content (AvgIpc) is 3.23. The van der Waals surface area contributed by atoms with E-state index in [0.29, 0.717) is 11.4 Å². The number of benzene rings is 1. The van der Waals surface area contributed by atoms with E-state index in [4.69, 9.17) is 4.74 Å². The Balaban J connectivity index is 0.00000181. The smallest absolute Gasteiger partial charge is 0.244 e. The maximum atomic E-state index is 12.6. The third kappa shape index (κ3) is 4.15. The van der Waals surface area contributed by atoms with Crippen LogP contribution in [-0.4, -0.2) is 44.6 Å². The SMILES string of the molecule is CCS(=O)(=O)Nc1ccc(OC2=CCC=C[CH]2)c(C2=CN(C)C(=O)C3NCCC23)c1.[HH].[HH]. The number of hydrogen-bond acceptors (Lipinski definition) is 5. The van der Waals surface area contributed by atoms with Gasteiger partial charge >= 0.3 is 0 Å². The molecule has 2 heterocycles. The molecule has 1 amide bonds. The highest BCUT2D eigenvalue weighted by molar-refractivity contribution is 7.92. The zero-order chi connectivity index (χ0) is 21.3. The van der Waals surface area contributed by atoms with E-state index in [2.05, 4.69) is 10.0 Å². The first kappa shape index (κ1) is 20.7. The average molecular weight is 433 g/mol. The number of anilines is 1. The van der Waals surface area contributed by atoms with Gasteiger partial charge in [-0.3, -0.25) is 9.52 Å². The summed E-state index contributed by atoms with van der Waals surface area (Å²) in [5.74, 6) is 1.41. The van der Waals surface area contributed by atoms with Gasteiger partial charge in [-0.1, -0.05) is 12.2 Å². The summed E-state index contributed by atoms with van der Waals surface area (Å²) < 4.78 is 33.0. The summed E-state index contributed by atoms with van der Waals surface area (Å²) in [7, 11) is -1.67. The van der Waals surface area contributed by atoms with Crippen LogP contribution < -0.4 is 14.8 Å². The van der Waals surface area contributed by atoms with Gasteiger partial charge in [0.1, 0.15) is 11.5 Å². The van der Waals surface area contributed by atoms with Crippen LogP contribution >= 0.6 is 0 Å². The molecule has 0 bridgehead atoms. The molecule has 2 N–H and O–H groups in total. The van der Waals surface area contributed by atoms with Crippen molar-refractivity contribution in [2.45, 2.75) is 25.8 Å². The van der Waals surface area contributed by atoms with E-state index >= 15 is 0 Å². The maximum Gasteiger partial charge on any atom is 0.244 e. The highest BCUT2D eigenvalue weighted by atomic mass is 32.2. The van der Waals surface area contributed by atoms with Crippen molar-refractivity contribution in [3.8, 4) is 5.75 Å². The van der Waals surface area contributed by atoms with Gasteiger partial charge in [0.15, 0.2) is 0 Å². The molecule has 1 radical (unpaired) electrons. The molecule has 2 aliphatic heterocycles. The number of carbonyl (C=O) groups excluding carboxylic acids is 1. The first-order valence-corrected chi connectivity index (χ1v) is 11.8. The lowest BCUT2D eigenvalue weighted by atomic mass is 9.84. The van der Waals surface area contributed by atoms with E-state index < -0.39 is 10.0 Å². The van der Waals surface area contributed by atoms with Crippen LogP contribution in [0.2, 0.25) is 0 Å². The number of nitrogens with one attached hydrogen (secondary N) is 2. The first-order chi connectivity index (χ1) is 14.4. The number of nitrogens with zero attached hydrogens (tertiary/aromatic N) is 1. The molecule has 2 unspecified atom stereocenters. The van der Waals surface area contributed by atoms with Crippen molar-refractivity contribution >= 4 is 27.2 Å². The van der Waals surface area contributed by atoms with Crippen molar-refractivity contribution in [1.29, 1.82) is 0 Å². The molecule has 1 aromatic rings. The molecule has 7 nitrogen and oxygen atoms in total. The van der Waals surface area contributed by atoms with E-state index in [-0.39, 0.29) is 26.5 Å². The van der Waals surface area contributed by atoms with Crippen molar-refractivity contribution < 1.29 is 20.8 Å². The van der Waals surface area contributed by atoms with Gasteiger partial charge in [0.2, 0.25) is 15.9 Å². The summed E-state index contributed by atoms with van der Waals surface area (Å²) in [4.78, 5) is 14.1. The summed E-state index contributed by atoms with van der Waals surface area (Å²) in [5, 5.41) is 3.29. The molecule has 163 valence electrons. The molecule has 2 atom stereocenters. The number of hydrogen-bond donors (Lipinski definition) is 2. The predicted molar refractivity (Wildman–Crippen MR) is 121 cm³/mol. The summed E-state index contributed by atoms with van der Waals surface area (Å²) in [6.07, 6.45) is 11.3. The highest BCUT2D eigenvalue weighted by Crippen LogP contribution is 2.41. The minimum absolute atomic E-state index is 0. The molecule has 1 aliphatic carbocycles. The summed E-state index contributed by atoms with van der Waals surface area (Å²) in [6.45, 7) is 2.35. The largest absolute Gasteiger partial charge is 0.461 e. The van der Waals surface area contributed by atoms with Crippen molar-refractivity contribution in [2.24, 2.45) is 5.92 Å². The van der Waals surface area contributed by atoms with Crippen LogP contribution in [-0.2, 0) is 14.8 Å². The Hall–Kier alpha value is -2.58. The van der Waals surface area contributed by atoms with Gasteiger partial charge in [-0.25, -0.2) is 8.42 Å². The van der Waals surface area contributed by atoms with Crippen LogP contribution in [0, 0.1) is 12.3 Å². The Kier molecular flexibility index (Phi) is 5.71. The lowest BCUT2D eigenvalue weighted by Gasteiger charge is -2.32. The Bertz CT molecular complexity index is 1050. The van der Waals surface area contributed by atoms with E-state index in [1.807, 2.05) is 30.8 Å². The number of fused-ring (bicyclic) bond motifs is 1. The van der Waals surface area contributed by atoms with E-state index in [9.17, 15) is 13.2 Å². The molecule has 1 aromatic carbocycles. The van der Waals surface area contributed by atoms with Gasteiger partial charge < -0.3 is 15.0 Å². The zero-order valence-corrected chi connectivity index (χ0v) is 17.9. The molecular formula is C22H30N3O4S. The van der Waals surface area contributed by atoms with Gasteiger partial charge in [-0.05, 0) is 56.2 Å². The fraction of sp³-hybridized carbons (Fsp3) is 0.364. The topological polar surface area (TPSA) is 87.7 Å². The van der Waals surface area contributed by atoms with Gasteiger partial charge in [0.05, 0.1) is 11.8 Å². The number of carbonyl (C=O) groups is 1. The Labute approximate surface area is 180 Å². The normalized spacial score (nSPS) is 23.7. The Morgan fingerprint density at radius 2 is 2.20 bits per heavy atom. The Morgan fingerprint density at radius 3 is 2.93 bits per heavy atom. The lowest BCUT2D eigenvalue weighted by molar-refractivity contribution is -0.130. The monoisotopic (exact) mass is 432 g/mol. The van der Waals surface area contributed by atoms with E-state index in [1.165, 1.54) is 0 Å². The molecule has 4 rings (SSSR count). The molecule has 0 saturated carbocycles. The first-order valence-electron chi connectivity index (χ1n) is 10.1. The number of amides is 1. The van der Waals surface area contributed by atoms with Crippen LogP contribution in [0.5, 0.6) is 5.75 Å². The molecule has 1 fully saturated rings. The fourth-order valence-corrected chi connectivity index (χ4v) is 4.64. The summed E-state index contributed by atoms with van der Waals surface area (Å²) in [6, 6.07) is 5.01. The summed E-state index contributed by atoms with van der Waals surface area (Å²) in [5.41, 5.74) is 2.23. The molecule has 30 heavy (non-hydrogen) atoms. The molecule has 8 heteroatoms. The molecule has 1 saturated heterocycles. The second kappa shape index (κ2) is 8.28. The van der Waals surface area contributed by atoms with Crippen LogP contribution in [0.1, 0.15) is 28.2 Å². The number of ether oxygens (including phenoxy) is 1. The van der Waals surface area contributed by atoms with Crippen molar-refractivity contribution in [3.63, 3.8) is 0 Å². The molecule has 0 aromatic heterocycles. The van der Waals surface area contributed by atoms with Crippen LogP contribution in [0.4, 0.5) is 5.69 Å². The van der Waals surface area contributed by atoms with Crippen molar-refractivity contribution in [1.82, 2.24) is 10.2 Å². The van der Waals surface area contributed by atoms with Gasteiger partial charge in [-0.2, -0.15) is 0 Å². The van der Waals surface area contributed by atoms with Gasteiger partial charge in [-0.15, -0.1) is 0 Å². The minimum atomic E-state index is -3.41. The number of likely N-dealkylation sites (N-methyl/N-ethyl adjacent to an activating group) is 1. The third-order valence-electron chi connectivity index (χ3n) is 5.59. The van der Waals surface area contributed by atoms with Gasteiger partial charge in [0, 0.05) is 39.7 Å². The second-order valence-electron chi connectivity index (χ2n) is 7.62. The highest BCUT2D eigenvalue weighted by Gasteiger charge is 2.41. The number of sulfonamides is 1. The van der Waals surface area contributed by atoms with Crippen molar-refractivity contribution in [3.05, 3.63) is 60.4 Å². The zero-order valence-electron chi connectivity index (χ0n) is 17.1. The Morgan fingerprint density at radius 1 is 1.37 bits per heavy atom. The molecular weight excluding hydrogens is 402 g/mol. The van der Waals surface area contributed by atoms with Crippen LogP contribution in [0.3, 0.4) is 0 Å².